The summed E-state index contributed by atoms with van der Waals surface area (Å²) in [5, 5.41) is 3.90. The molecule has 0 amide bonds. The van der Waals surface area contributed by atoms with Gasteiger partial charge in [-0.1, -0.05) is 17.3 Å². The van der Waals surface area contributed by atoms with Crippen LogP contribution in [-0.2, 0) is 11.3 Å². The molecule has 0 unspecified atom stereocenters. The fourth-order valence-corrected chi connectivity index (χ4v) is 2.40. The summed E-state index contributed by atoms with van der Waals surface area (Å²) in [6, 6.07) is 15.0. The van der Waals surface area contributed by atoms with Gasteiger partial charge in [0.1, 0.15) is 35.6 Å². The first-order valence-corrected chi connectivity index (χ1v) is 8.19. The Hall–Kier alpha value is -3.28. The van der Waals surface area contributed by atoms with E-state index in [-0.39, 0.29) is 0 Å². The molecule has 0 aliphatic rings. The maximum atomic E-state index is 11.9. The van der Waals surface area contributed by atoms with Crippen molar-refractivity contribution >= 4 is 5.97 Å². The first-order valence-electron chi connectivity index (χ1n) is 8.19. The minimum atomic E-state index is -0.455. The van der Waals surface area contributed by atoms with E-state index in [0.717, 1.165) is 16.9 Å². The van der Waals surface area contributed by atoms with Gasteiger partial charge in [0.2, 0.25) is 0 Å². The minimum absolute atomic E-state index is 0.293. The Morgan fingerprint density at radius 3 is 2.38 bits per heavy atom. The van der Waals surface area contributed by atoms with Gasteiger partial charge in [-0.25, -0.2) is 4.79 Å². The van der Waals surface area contributed by atoms with Crippen LogP contribution >= 0.6 is 0 Å². The third-order valence-electron chi connectivity index (χ3n) is 3.76. The molecular weight excluding hydrogens is 334 g/mol. The van der Waals surface area contributed by atoms with E-state index in [0.29, 0.717) is 30.2 Å². The lowest BCUT2D eigenvalue weighted by Crippen LogP contribution is -2.04. The Morgan fingerprint density at radius 1 is 1.04 bits per heavy atom. The summed E-state index contributed by atoms with van der Waals surface area (Å²) in [5.74, 6) is 1.07. The number of ether oxygens (including phenoxy) is 3. The van der Waals surface area contributed by atoms with Gasteiger partial charge in [-0.05, 0) is 48.9 Å². The van der Waals surface area contributed by atoms with E-state index in [1.54, 1.807) is 14.0 Å². The van der Waals surface area contributed by atoms with Crippen LogP contribution in [-0.4, -0.2) is 24.8 Å². The first kappa shape index (κ1) is 17.5. The van der Waals surface area contributed by atoms with E-state index < -0.39 is 5.97 Å². The van der Waals surface area contributed by atoms with Crippen LogP contribution in [0.2, 0.25) is 0 Å². The molecule has 2 aromatic carbocycles. The quantitative estimate of drug-likeness (QED) is 0.596. The van der Waals surface area contributed by atoms with Crippen molar-refractivity contribution in [3.63, 3.8) is 0 Å². The summed E-state index contributed by atoms with van der Waals surface area (Å²) >= 11 is 0. The van der Waals surface area contributed by atoms with Gasteiger partial charge in [-0.2, -0.15) is 0 Å². The molecule has 0 N–H and O–H groups in total. The second-order valence-corrected chi connectivity index (χ2v) is 5.46. The highest BCUT2D eigenvalue weighted by Gasteiger charge is 2.18. The number of nitrogens with zero attached hydrogens (tertiary/aromatic N) is 1. The topological polar surface area (TPSA) is 70.8 Å². The van der Waals surface area contributed by atoms with Crippen LogP contribution in [0, 0.1) is 0 Å². The molecule has 6 nitrogen and oxygen atoms in total. The Kier molecular flexibility index (Phi) is 5.53. The molecule has 6 heteroatoms. The number of aromatic nitrogens is 1. The number of methoxy groups -OCH3 is 1. The second-order valence-electron chi connectivity index (χ2n) is 5.46. The van der Waals surface area contributed by atoms with Gasteiger partial charge in [-0.3, -0.25) is 0 Å². The van der Waals surface area contributed by atoms with Crippen LogP contribution < -0.4 is 9.47 Å². The number of hydrogen-bond donors (Lipinski definition) is 0. The summed E-state index contributed by atoms with van der Waals surface area (Å²) in [4.78, 5) is 11.9. The molecule has 0 aliphatic heterocycles. The fraction of sp³-hybridized carbons (Fsp3) is 0.200. The molecule has 1 heterocycles. The molecule has 0 saturated heterocycles. The zero-order valence-electron chi connectivity index (χ0n) is 14.6. The number of rotatable bonds is 7. The molecule has 0 saturated carbocycles. The number of hydrogen-bond acceptors (Lipinski definition) is 6. The molecule has 3 aromatic rings. The van der Waals surface area contributed by atoms with Crippen molar-refractivity contribution in [1.29, 1.82) is 0 Å². The monoisotopic (exact) mass is 353 g/mol. The second kappa shape index (κ2) is 8.20. The summed E-state index contributed by atoms with van der Waals surface area (Å²) in [6.45, 7) is 2.49. The van der Waals surface area contributed by atoms with Gasteiger partial charge in [0.15, 0.2) is 0 Å². The maximum absolute atomic E-state index is 11.9. The van der Waals surface area contributed by atoms with E-state index in [2.05, 4.69) is 5.16 Å². The number of carbonyl (C=O) groups is 1. The standard InChI is InChI=1S/C20H19NO5/c1-3-24-20(22)18-13-26-21-19(18)15-6-10-17(11-7-15)25-12-14-4-8-16(23-2)9-5-14/h4-11,13H,3,12H2,1-2H3. The van der Waals surface area contributed by atoms with Crippen molar-refractivity contribution in [2.45, 2.75) is 13.5 Å². The largest absolute Gasteiger partial charge is 0.497 e. The summed E-state index contributed by atoms with van der Waals surface area (Å²) in [5.41, 5.74) is 2.54. The Balaban J connectivity index is 1.67. The Morgan fingerprint density at radius 2 is 1.73 bits per heavy atom. The van der Waals surface area contributed by atoms with E-state index in [4.69, 9.17) is 18.7 Å². The van der Waals surface area contributed by atoms with E-state index in [1.807, 2.05) is 48.5 Å². The van der Waals surface area contributed by atoms with Gasteiger partial charge in [0.05, 0.1) is 13.7 Å². The molecule has 0 bridgehead atoms. The van der Waals surface area contributed by atoms with Gasteiger partial charge in [0.25, 0.3) is 0 Å². The predicted octanol–water partition coefficient (Wildman–Crippen LogP) is 4.11. The Labute approximate surface area is 151 Å². The molecule has 134 valence electrons. The SMILES string of the molecule is CCOC(=O)c1conc1-c1ccc(OCc2ccc(OC)cc2)cc1. The molecule has 0 spiro atoms. The highest BCUT2D eigenvalue weighted by atomic mass is 16.5. The van der Waals surface area contributed by atoms with Crippen molar-refractivity contribution < 1.29 is 23.5 Å². The van der Waals surface area contributed by atoms with Gasteiger partial charge >= 0.3 is 5.97 Å². The average Bonchev–Trinajstić information content (AvgIpc) is 3.17. The fourth-order valence-electron chi connectivity index (χ4n) is 2.40. The van der Waals surface area contributed by atoms with Crippen LogP contribution in [0.25, 0.3) is 11.3 Å². The zero-order valence-corrected chi connectivity index (χ0v) is 14.6. The lowest BCUT2D eigenvalue weighted by atomic mass is 10.1. The molecule has 0 fully saturated rings. The third kappa shape index (κ3) is 4.03. The van der Waals surface area contributed by atoms with Crippen molar-refractivity contribution in [3.05, 3.63) is 65.9 Å². The van der Waals surface area contributed by atoms with Crippen LogP contribution in [0.5, 0.6) is 11.5 Å². The number of carbonyl (C=O) groups excluding carboxylic acids is 1. The number of esters is 1. The molecule has 1 aromatic heterocycles. The normalized spacial score (nSPS) is 10.4. The van der Waals surface area contributed by atoms with Crippen LogP contribution in [0.4, 0.5) is 0 Å². The lowest BCUT2D eigenvalue weighted by Gasteiger charge is -2.08. The molecule has 3 rings (SSSR count). The first-order chi connectivity index (χ1) is 12.7. The molecular formula is C20H19NO5. The number of benzene rings is 2. The van der Waals surface area contributed by atoms with E-state index in [1.165, 1.54) is 6.26 Å². The third-order valence-corrected chi connectivity index (χ3v) is 3.76. The molecule has 0 aliphatic carbocycles. The van der Waals surface area contributed by atoms with Crippen molar-refractivity contribution in [2.24, 2.45) is 0 Å². The minimum Gasteiger partial charge on any atom is -0.497 e. The Bertz CT molecular complexity index is 853. The smallest absolute Gasteiger partial charge is 0.343 e. The van der Waals surface area contributed by atoms with Crippen molar-refractivity contribution in [2.75, 3.05) is 13.7 Å². The lowest BCUT2D eigenvalue weighted by molar-refractivity contribution is 0.0526. The van der Waals surface area contributed by atoms with E-state index in [9.17, 15) is 4.79 Å². The van der Waals surface area contributed by atoms with Crippen LogP contribution in [0.15, 0.2) is 59.3 Å². The molecule has 0 atom stereocenters. The highest BCUT2D eigenvalue weighted by Crippen LogP contribution is 2.25. The average molecular weight is 353 g/mol. The highest BCUT2D eigenvalue weighted by molar-refractivity contribution is 5.95. The summed E-state index contributed by atoms with van der Waals surface area (Å²) in [6.07, 6.45) is 1.29. The van der Waals surface area contributed by atoms with Crippen LogP contribution in [0.1, 0.15) is 22.8 Å². The van der Waals surface area contributed by atoms with Crippen molar-refractivity contribution in [1.82, 2.24) is 5.16 Å². The zero-order chi connectivity index (χ0) is 18.4. The van der Waals surface area contributed by atoms with Gasteiger partial charge < -0.3 is 18.7 Å². The predicted molar refractivity (Wildman–Crippen MR) is 95.2 cm³/mol. The maximum Gasteiger partial charge on any atom is 0.343 e. The molecule has 0 radical (unpaired) electrons. The summed E-state index contributed by atoms with van der Waals surface area (Å²) < 4.78 is 20.8. The molecule has 26 heavy (non-hydrogen) atoms. The van der Waals surface area contributed by atoms with Crippen molar-refractivity contribution in [3.8, 4) is 22.8 Å². The van der Waals surface area contributed by atoms with Gasteiger partial charge in [-0.15, -0.1) is 0 Å². The van der Waals surface area contributed by atoms with Gasteiger partial charge in [0, 0.05) is 5.56 Å². The van der Waals surface area contributed by atoms with E-state index >= 15 is 0 Å². The summed E-state index contributed by atoms with van der Waals surface area (Å²) in [7, 11) is 1.63. The van der Waals surface area contributed by atoms with Crippen LogP contribution in [0.3, 0.4) is 0 Å².